The number of hydrogen-bond donors (Lipinski definition) is 1. The van der Waals surface area contributed by atoms with Crippen LogP contribution >= 0.6 is 0 Å². The van der Waals surface area contributed by atoms with E-state index in [1.54, 1.807) is 12.1 Å². The van der Waals surface area contributed by atoms with E-state index in [0.717, 1.165) is 5.56 Å². The molecule has 0 aliphatic heterocycles. The Morgan fingerprint density at radius 2 is 1.86 bits per heavy atom. The molecule has 1 aromatic rings. The van der Waals surface area contributed by atoms with E-state index in [2.05, 4.69) is 5.32 Å². The third-order valence-electron chi connectivity index (χ3n) is 1.64. The van der Waals surface area contributed by atoms with Gasteiger partial charge in [-0.1, -0.05) is 30.3 Å². The van der Waals surface area contributed by atoms with Crippen LogP contribution in [0.3, 0.4) is 0 Å². The van der Waals surface area contributed by atoms with Crippen molar-refractivity contribution in [3.63, 3.8) is 0 Å². The van der Waals surface area contributed by atoms with Gasteiger partial charge in [0.25, 0.3) is 0 Å². The first kappa shape index (κ1) is 9.83. The van der Waals surface area contributed by atoms with Crippen molar-refractivity contribution < 1.29 is 0 Å². The molecule has 1 rings (SSSR count). The monoisotopic (exact) mass is 183 g/mol. The first-order valence-corrected chi connectivity index (χ1v) is 4.14. The standard InChI is InChI=1S/C11H9N3/c12-6-11(7-13)9-14-8-10-4-2-1-3-5-10/h1-5,9,14H,8H2. The van der Waals surface area contributed by atoms with Crippen molar-refractivity contribution in [2.75, 3.05) is 0 Å². The average Bonchev–Trinajstić information content (AvgIpc) is 2.26. The second kappa shape index (κ2) is 5.40. The van der Waals surface area contributed by atoms with Crippen molar-refractivity contribution >= 4 is 0 Å². The largest absolute Gasteiger partial charge is 0.385 e. The van der Waals surface area contributed by atoms with E-state index in [1.165, 1.54) is 6.20 Å². The molecule has 0 saturated carbocycles. The van der Waals surface area contributed by atoms with Gasteiger partial charge in [-0.3, -0.25) is 0 Å². The highest BCUT2D eigenvalue weighted by Gasteiger charge is 1.90. The van der Waals surface area contributed by atoms with E-state index in [-0.39, 0.29) is 5.57 Å². The van der Waals surface area contributed by atoms with Gasteiger partial charge in [0, 0.05) is 12.7 Å². The number of allylic oxidation sites excluding steroid dienone is 1. The van der Waals surface area contributed by atoms with Crippen molar-refractivity contribution in [3.05, 3.63) is 47.7 Å². The van der Waals surface area contributed by atoms with E-state index in [9.17, 15) is 0 Å². The number of rotatable bonds is 3. The van der Waals surface area contributed by atoms with Gasteiger partial charge < -0.3 is 5.32 Å². The van der Waals surface area contributed by atoms with Crippen LogP contribution in [0.1, 0.15) is 5.56 Å². The summed E-state index contributed by atoms with van der Waals surface area (Å²) in [4.78, 5) is 0. The molecule has 0 aliphatic carbocycles. The first-order valence-electron chi connectivity index (χ1n) is 4.14. The van der Waals surface area contributed by atoms with Crippen LogP contribution in [-0.4, -0.2) is 0 Å². The quantitative estimate of drug-likeness (QED) is 0.725. The summed E-state index contributed by atoms with van der Waals surface area (Å²) in [5.74, 6) is 0. The zero-order valence-corrected chi connectivity index (χ0v) is 7.57. The van der Waals surface area contributed by atoms with Crippen molar-refractivity contribution in [1.82, 2.24) is 5.32 Å². The maximum atomic E-state index is 8.44. The van der Waals surface area contributed by atoms with Gasteiger partial charge in [-0.25, -0.2) is 0 Å². The van der Waals surface area contributed by atoms with Crippen molar-refractivity contribution in [2.24, 2.45) is 0 Å². The lowest BCUT2D eigenvalue weighted by Gasteiger charge is -1.99. The molecule has 0 aliphatic rings. The van der Waals surface area contributed by atoms with Gasteiger partial charge in [-0.15, -0.1) is 0 Å². The van der Waals surface area contributed by atoms with Crippen molar-refractivity contribution in [3.8, 4) is 12.1 Å². The Morgan fingerprint density at radius 1 is 1.21 bits per heavy atom. The molecule has 0 radical (unpaired) electrons. The molecule has 3 heteroatoms. The molecule has 3 nitrogen and oxygen atoms in total. The van der Waals surface area contributed by atoms with Gasteiger partial charge in [0.1, 0.15) is 17.7 Å². The summed E-state index contributed by atoms with van der Waals surface area (Å²) in [6, 6.07) is 13.3. The molecular formula is C11H9N3. The summed E-state index contributed by atoms with van der Waals surface area (Å²) in [6.45, 7) is 0.619. The summed E-state index contributed by atoms with van der Waals surface area (Å²) in [7, 11) is 0. The third kappa shape index (κ3) is 3.00. The van der Waals surface area contributed by atoms with Gasteiger partial charge >= 0.3 is 0 Å². The number of benzene rings is 1. The Balaban J connectivity index is 2.48. The van der Waals surface area contributed by atoms with Crippen LogP contribution in [0.2, 0.25) is 0 Å². The number of nitrogens with one attached hydrogen (secondary N) is 1. The topological polar surface area (TPSA) is 59.6 Å². The Kier molecular flexibility index (Phi) is 3.79. The van der Waals surface area contributed by atoms with E-state index >= 15 is 0 Å². The fourth-order valence-corrected chi connectivity index (χ4v) is 0.956. The predicted molar refractivity (Wildman–Crippen MR) is 52.6 cm³/mol. The summed E-state index contributed by atoms with van der Waals surface area (Å²) in [5, 5.41) is 19.8. The lowest BCUT2D eigenvalue weighted by atomic mass is 10.2. The molecule has 0 unspecified atom stereocenters. The molecule has 0 amide bonds. The molecule has 0 atom stereocenters. The van der Waals surface area contributed by atoms with Crippen molar-refractivity contribution in [1.29, 1.82) is 10.5 Å². The van der Waals surface area contributed by atoms with Crippen LogP contribution in [0.25, 0.3) is 0 Å². The van der Waals surface area contributed by atoms with Crippen molar-refractivity contribution in [2.45, 2.75) is 6.54 Å². The Bertz CT molecular complexity index is 377. The minimum Gasteiger partial charge on any atom is -0.385 e. The summed E-state index contributed by atoms with van der Waals surface area (Å²) >= 11 is 0. The van der Waals surface area contributed by atoms with Crippen LogP contribution in [0.4, 0.5) is 0 Å². The number of nitriles is 2. The molecule has 0 bridgehead atoms. The Labute approximate surface area is 82.9 Å². The van der Waals surface area contributed by atoms with Crippen LogP contribution in [0.5, 0.6) is 0 Å². The normalized spacial score (nSPS) is 8.14. The molecule has 1 N–H and O–H groups in total. The summed E-state index contributed by atoms with van der Waals surface area (Å²) < 4.78 is 0. The van der Waals surface area contributed by atoms with E-state index < -0.39 is 0 Å². The molecule has 0 spiro atoms. The molecule has 68 valence electrons. The van der Waals surface area contributed by atoms with Crippen LogP contribution < -0.4 is 5.32 Å². The molecule has 1 aromatic carbocycles. The molecule has 0 aromatic heterocycles. The maximum absolute atomic E-state index is 8.44. The molecular weight excluding hydrogens is 174 g/mol. The zero-order valence-electron chi connectivity index (χ0n) is 7.57. The summed E-state index contributed by atoms with van der Waals surface area (Å²) in [5.41, 5.74) is 1.19. The minimum absolute atomic E-state index is 0.0842. The van der Waals surface area contributed by atoms with E-state index in [4.69, 9.17) is 10.5 Å². The van der Waals surface area contributed by atoms with Crippen LogP contribution in [0, 0.1) is 22.7 Å². The number of nitrogens with zero attached hydrogens (tertiary/aromatic N) is 2. The Hall–Kier alpha value is -2.26. The van der Waals surface area contributed by atoms with Gasteiger partial charge in [0.15, 0.2) is 0 Å². The van der Waals surface area contributed by atoms with Gasteiger partial charge in [0.05, 0.1) is 0 Å². The molecule has 0 heterocycles. The van der Waals surface area contributed by atoms with Gasteiger partial charge in [-0.2, -0.15) is 10.5 Å². The van der Waals surface area contributed by atoms with Gasteiger partial charge in [-0.05, 0) is 5.56 Å². The highest BCUT2D eigenvalue weighted by molar-refractivity contribution is 5.34. The highest BCUT2D eigenvalue weighted by atomic mass is 14.8. The molecule has 0 fully saturated rings. The van der Waals surface area contributed by atoms with Gasteiger partial charge in [0.2, 0.25) is 0 Å². The second-order valence-electron chi connectivity index (χ2n) is 2.65. The second-order valence-corrected chi connectivity index (χ2v) is 2.65. The maximum Gasteiger partial charge on any atom is 0.145 e. The average molecular weight is 183 g/mol. The van der Waals surface area contributed by atoms with Crippen LogP contribution in [0.15, 0.2) is 42.1 Å². The highest BCUT2D eigenvalue weighted by Crippen LogP contribution is 1.97. The minimum atomic E-state index is 0.0842. The number of hydrogen-bond acceptors (Lipinski definition) is 3. The predicted octanol–water partition coefficient (Wildman–Crippen LogP) is 1.71. The zero-order chi connectivity index (χ0) is 10.2. The fourth-order valence-electron chi connectivity index (χ4n) is 0.956. The SMILES string of the molecule is N#CC(C#N)=CNCc1ccccc1. The third-order valence-corrected chi connectivity index (χ3v) is 1.64. The van der Waals surface area contributed by atoms with Crippen LogP contribution in [-0.2, 0) is 6.54 Å². The molecule has 14 heavy (non-hydrogen) atoms. The first-order chi connectivity index (χ1) is 6.86. The smallest absolute Gasteiger partial charge is 0.145 e. The molecule has 0 saturated heterocycles. The summed E-state index contributed by atoms with van der Waals surface area (Å²) in [6.07, 6.45) is 1.42. The lowest BCUT2D eigenvalue weighted by molar-refractivity contribution is 0.867. The van der Waals surface area contributed by atoms with E-state index in [0.29, 0.717) is 6.54 Å². The van der Waals surface area contributed by atoms with E-state index in [1.807, 2.05) is 30.3 Å². The lowest BCUT2D eigenvalue weighted by Crippen LogP contribution is -2.05. The Morgan fingerprint density at radius 3 is 2.43 bits per heavy atom. The fraction of sp³-hybridized carbons (Fsp3) is 0.0909.